The molecule has 1 aromatic carbocycles. The molecule has 0 aliphatic rings. The Bertz CT molecular complexity index is 778. The fourth-order valence-electron chi connectivity index (χ4n) is 2.06. The molecule has 0 unspecified atom stereocenters. The van der Waals surface area contributed by atoms with Crippen molar-refractivity contribution in [2.75, 3.05) is 11.9 Å². The Labute approximate surface area is 150 Å². The van der Waals surface area contributed by atoms with Crippen LogP contribution in [-0.2, 0) is 9.53 Å². The van der Waals surface area contributed by atoms with Crippen molar-refractivity contribution in [2.45, 2.75) is 20.8 Å². The highest BCUT2D eigenvalue weighted by atomic mass is 35.5. The van der Waals surface area contributed by atoms with Gasteiger partial charge in [0, 0.05) is 16.0 Å². The molecule has 0 bridgehead atoms. The molecule has 0 fully saturated rings. The van der Waals surface area contributed by atoms with E-state index in [0.717, 1.165) is 16.0 Å². The van der Waals surface area contributed by atoms with Crippen LogP contribution in [0.15, 0.2) is 30.3 Å². The lowest BCUT2D eigenvalue weighted by Crippen LogP contribution is -2.12. The van der Waals surface area contributed by atoms with Crippen LogP contribution in [0.2, 0.25) is 5.02 Å². The van der Waals surface area contributed by atoms with Crippen molar-refractivity contribution in [1.29, 1.82) is 0 Å². The largest absolute Gasteiger partial charge is 0.462 e. The van der Waals surface area contributed by atoms with Gasteiger partial charge in [0.05, 0.1) is 12.2 Å². The first-order chi connectivity index (χ1) is 11.4. The number of nitrogens with one attached hydrogen (secondary N) is 1. The number of halogens is 1. The van der Waals surface area contributed by atoms with E-state index in [1.807, 2.05) is 26.0 Å². The zero-order valence-corrected chi connectivity index (χ0v) is 15.3. The molecule has 1 aromatic heterocycles. The maximum atomic E-state index is 12.1. The maximum Gasteiger partial charge on any atom is 0.341 e. The zero-order chi connectivity index (χ0) is 17.7. The lowest BCUT2D eigenvalue weighted by molar-refractivity contribution is -0.111. The smallest absolute Gasteiger partial charge is 0.341 e. The molecule has 0 saturated carbocycles. The normalized spacial score (nSPS) is 10.8. The summed E-state index contributed by atoms with van der Waals surface area (Å²) in [6.07, 6.45) is 3.10. The van der Waals surface area contributed by atoms with Crippen molar-refractivity contribution in [3.8, 4) is 0 Å². The summed E-state index contributed by atoms with van der Waals surface area (Å²) in [5.41, 5.74) is 2.11. The number of hydrogen-bond acceptors (Lipinski definition) is 4. The second kappa shape index (κ2) is 8.13. The fourth-order valence-corrected chi connectivity index (χ4v) is 3.24. The molecule has 0 spiro atoms. The number of esters is 1. The van der Waals surface area contributed by atoms with Crippen molar-refractivity contribution >= 4 is 45.9 Å². The summed E-state index contributed by atoms with van der Waals surface area (Å²) in [6, 6.07) is 7.14. The average Bonchev–Trinajstić information content (AvgIpc) is 2.81. The summed E-state index contributed by atoms with van der Waals surface area (Å²) in [5, 5.41) is 3.91. The Morgan fingerprint density at radius 3 is 2.54 bits per heavy atom. The molecule has 6 heteroatoms. The summed E-state index contributed by atoms with van der Waals surface area (Å²) in [5.74, 6) is -0.729. The highest BCUT2D eigenvalue weighted by Crippen LogP contribution is 2.33. The summed E-state index contributed by atoms with van der Waals surface area (Å²) in [6.45, 7) is 5.79. The van der Waals surface area contributed by atoms with Gasteiger partial charge in [-0.1, -0.05) is 23.7 Å². The van der Waals surface area contributed by atoms with Gasteiger partial charge in [-0.25, -0.2) is 4.79 Å². The highest BCUT2D eigenvalue weighted by molar-refractivity contribution is 7.16. The van der Waals surface area contributed by atoms with Crippen molar-refractivity contribution in [3.05, 3.63) is 56.9 Å². The minimum Gasteiger partial charge on any atom is -0.462 e. The molecule has 1 amide bonds. The van der Waals surface area contributed by atoms with Crippen LogP contribution in [0.4, 0.5) is 5.00 Å². The molecule has 0 aliphatic heterocycles. The second-order valence-electron chi connectivity index (χ2n) is 5.08. The van der Waals surface area contributed by atoms with Gasteiger partial charge in [-0.05, 0) is 50.1 Å². The molecular weight excluding hydrogens is 346 g/mol. The van der Waals surface area contributed by atoms with Crippen molar-refractivity contribution in [2.24, 2.45) is 0 Å². The monoisotopic (exact) mass is 363 g/mol. The molecule has 0 atom stereocenters. The van der Waals surface area contributed by atoms with E-state index in [1.54, 1.807) is 25.1 Å². The summed E-state index contributed by atoms with van der Waals surface area (Å²) >= 11 is 7.19. The Balaban J connectivity index is 2.15. The van der Waals surface area contributed by atoms with Gasteiger partial charge in [-0.15, -0.1) is 11.3 Å². The van der Waals surface area contributed by atoms with Gasteiger partial charge in [0.2, 0.25) is 5.91 Å². The summed E-state index contributed by atoms with van der Waals surface area (Å²) in [4.78, 5) is 25.2. The molecule has 2 aromatic rings. The lowest BCUT2D eigenvalue weighted by atomic mass is 10.1. The number of anilines is 1. The predicted octanol–water partition coefficient (Wildman–Crippen LogP) is 4.85. The van der Waals surface area contributed by atoms with E-state index in [4.69, 9.17) is 16.3 Å². The van der Waals surface area contributed by atoms with Crippen molar-refractivity contribution < 1.29 is 14.3 Å². The van der Waals surface area contributed by atoms with Crippen LogP contribution in [0.3, 0.4) is 0 Å². The minimum absolute atomic E-state index is 0.289. The van der Waals surface area contributed by atoms with E-state index in [2.05, 4.69) is 5.32 Å². The highest BCUT2D eigenvalue weighted by Gasteiger charge is 2.21. The van der Waals surface area contributed by atoms with Crippen molar-refractivity contribution in [3.63, 3.8) is 0 Å². The van der Waals surface area contributed by atoms with Crippen molar-refractivity contribution in [1.82, 2.24) is 0 Å². The van der Waals surface area contributed by atoms with Gasteiger partial charge in [0.1, 0.15) is 5.00 Å². The number of carbonyl (C=O) groups excluding carboxylic acids is 2. The Morgan fingerprint density at radius 1 is 1.25 bits per heavy atom. The van der Waals surface area contributed by atoms with Gasteiger partial charge in [-0.3, -0.25) is 4.79 Å². The van der Waals surface area contributed by atoms with E-state index in [9.17, 15) is 9.59 Å². The topological polar surface area (TPSA) is 55.4 Å². The molecule has 126 valence electrons. The zero-order valence-electron chi connectivity index (χ0n) is 13.7. The predicted molar refractivity (Wildman–Crippen MR) is 98.9 cm³/mol. The first-order valence-corrected chi connectivity index (χ1v) is 8.63. The quantitative estimate of drug-likeness (QED) is 0.610. The van der Waals surface area contributed by atoms with Gasteiger partial charge in [0.25, 0.3) is 0 Å². The minimum atomic E-state index is -0.420. The molecule has 0 aliphatic carbocycles. The van der Waals surface area contributed by atoms with Crippen LogP contribution in [0.1, 0.15) is 33.3 Å². The molecule has 0 saturated heterocycles. The van der Waals surface area contributed by atoms with E-state index >= 15 is 0 Å². The number of amides is 1. The van der Waals surface area contributed by atoms with E-state index < -0.39 is 5.97 Å². The SMILES string of the molecule is CCOC(=O)c1c(NC(=O)C=Cc2ccc(Cl)cc2)sc(C)c1C. The van der Waals surface area contributed by atoms with E-state index in [-0.39, 0.29) is 12.5 Å². The molecule has 1 heterocycles. The van der Waals surface area contributed by atoms with Crippen LogP contribution in [0.5, 0.6) is 0 Å². The number of ether oxygens (including phenoxy) is 1. The number of rotatable bonds is 5. The number of benzene rings is 1. The average molecular weight is 364 g/mol. The third kappa shape index (κ3) is 4.46. The molecule has 4 nitrogen and oxygen atoms in total. The third-order valence-electron chi connectivity index (χ3n) is 3.40. The number of carbonyl (C=O) groups is 2. The molecule has 2 rings (SSSR count). The van der Waals surface area contributed by atoms with E-state index in [0.29, 0.717) is 15.6 Å². The van der Waals surface area contributed by atoms with Gasteiger partial charge in [-0.2, -0.15) is 0 Å². The number of hydrogen-bond donors (Lipinski definition) is 1. The maximum absolute atomic E-state index is 12.1. The van der Waals surface area contributed by atoms with Crippen LogP contribution in [0.25, 0.3) is 6.08 Å². The first-order valence-electron chi connectivity index (χ1n) is 7.44. The first kappa shape index (κ1) is 18.2. The summed E-state index contributed by atoms with van der Waals surface area (Å²) < 4.78 is 5.07. The molecular formula is C18H18ClNO3S. The fraction of sp³-hybridized carbons (Fsp3) is 0.222. The molecule has 0 radical (unpaired) electrons. The van der Waals surface area contributed by atoms with Crippen LogP contribution in [0, 0.1) is 13.8 Å². The second-order valence-corrected chi connectivity index (χ2v) is 6.74. The van der Waals surface area contributed by atoms with E-state index in [1.165, 1.54) is 17.4 Å². The Kier molecular flexibility index (Phi) is 6.17. The standard InChI is InChI=1S/C18H18ClNO3S/c1-4-23-18(22)16-11(2)12(3)24-17(16)20-15(21)10-7-13-5-8-14(19)9-6-13/h5-10H,4H2,1-3H3,(H,20,21). The number of thiophene rings is 1. The Hall–Kier alpha value is -2.11. The van der Waals surface area contributed by atoms with Crippen LogP contribution >= 0.6 is 22.9 Å². The summed E-state index contributed by atoms with van der Waals surface area (Å²) in [7, 11) is 0. The van der Waals surface area contributed by atoms with Crippen LogP contribution < -0.4 is 5.32 Å². The van der Waals surface area contributed by atoms with Gasteiger partial charge >= 0.3 is 5.97 Å². The van der Waals surface area contributed by atoms with Gasteiger partial charge in [0.15, 0.2) is 0 Å². The molecule has 24 heavy (non-hydrogen) atoms. The third-order valence-corrected chi connectivity index (χ3v) is 4.77. The Morgan fingerprint density at radius 2 is 1.92 bits per heavy atom. The van der Waals surface area contributed by atoms with Gasteiger partial charge < -0.3 is 10.1 Å². The molecule has 1 N–H and O–H groups in total. The number of aryl methyl sites for hydroxylation is 1. The lowest BCUT2D eigenvalue weighted by Gasteiger charge is -2.05. The van der Waals surface area contributed by atoms with Crippen LogP contribution in [-0.4, -0.2) is 18.5 Å².